The average molecular weight is 577 g/mol. The molecule has 12 heteroatoms. The van der Waals surface area contributed by atoms with E-state index in [9.17, 15) is 0 Å². The zero-order valence-electron chi connectivity index (χ0n) is 23.5. The van der Waals surface area contributed by atoms with Crippen LogP contribution in [0.3, 0.4) is 0 Å². The summed E-state index contributed by atoms with van der Waals surface area (Å²) < 4.78 is 61.8. The van der Waals surface area contributed by atoms with Crippen molar-refractivity contribution in [2.75, 3.05) is 19.5 Å². The molecule has 216 valence electrons. The molecule has 0 saturated carbocycles. The smallest absolute Gasteiger partial charge is 0.193 e. The van der Waals surface area contributed by atoms with Crippen LogP contribution in [0, 0.1) is 0 Å². The highest BCUT2D eigenvalue weighted by Gasteiger charge is 2.66. The van der Waals surface area contributed by atoms with E-state index in [2.05, 4.69) is 0 Å². The van der Waals surface area contributed by atoms with Crippen molar-refractivity contribution in [3.63, 3.8) is 0 Å². The summed E-state index contributed by atoms with van der Waals surface area (Å²) in [5.74, 6) is -2.15. The molecule has 0 aliphatic carbocycles. The van der Waals surface area contributed by atoms with E-state index in [1.165, 1.54) is 11.8 Å². The first kappa shape index (κ1) is 28.0. The Morgan fingerprint density at radius 1 is 0.632 bits per heavy atom. The van der Waals surface area contributed by atoms with E-state index >= 15 is 0 Å². The van der Waals surface area contributed by atoms with Gasteiger partial charge in [-0.25, -0.2) is 0 Å². The Labute approximate surface area is 233 Å². The van der Waals surface area contributed by atoms with Gasteiger partial charge in [-0.3, -0.25) is 0 Å². The summed E-state index contributed by atoms with van der Waals surface area (Å²) in [6.45, 7) is 16.2. The Balaban J connectivity index is 1.26. The fourth-order valence-electron chi connectivity index (χ4n) is 6.04. The third-order valence-electron chi connectivity index (χ3n) is 7.52. The van der Waals surface area contributed by atoms with E-state index in [0.717, 1.165) is 0 Å². The van der Waals surface area contributed by atoms with Gasteiger partial charge in [0.25, 0.3) is 0 Å². The third kappa shape index (κ3) is 4.95. The minimum atomic E-state index is -0.799. The number of hydrogen-bond acceptors (Lipinski definition) is 12. The molecule has 0 aromatic rings. The van der Waals surface area contributed by atoms with Crippen molar-refractivity contribution in [1.82, 2.24) is 0 Å². The van der Waals surface area contributed by atoms with Crippen LogP contribution in [0.1, 0.15) is 55.4 Å². The lowest BCUT2D eigenvalue weighted by atomic mass is 10.1. The standard InChI is InChI=1S/C26H40O10S2/c1-22(2)27-10-13(30-22)16-19-18(32-24(5,6)33-19)15(29-16)12-38-26(37-9)21-20(34-25(7,8)36-21)17(35-26)14-11-28-23(3,4)31-14/h12-14,16-21H,10-11H2,1-9H3/b15-12+/t13-,14-,16-,17-,18-,19+,20+,21+,26-/m1/s1. The first-order chi connectivity index (χ1) is 17.6. The second-order valence-electron chi connectivity index (χ2n) is 12.4. The minimum Gasteiger partial charge on any atom is -0.486 e. The van der Waals surface area contributed by atoms with Crippen LogP contribution >= 0.6 is 23.5 Å². The van der Waals surface area contributed by atoms with Gasteiger partial charge in [-0.1, -0.05) is 11.8 Å². The molecule has 6 saturated heterocycles. The van der Waals surface area contributed by atoms with Gasteiger partial charge < -0.3 is 47.4 Å². The molecule has 0 aromatic carbocycles. The van der Waals surface area contributed by atoms with Crippen LogP contribution in [0.4, 0.5) is 0 Å². The molecule has 38 heavy (non-hydrogen) atoms. The van der Waals surface area contributed by atoms with Gasteiger partial charge in [0.2, 0.25) is 0 Å². The lowest BCUT2D eigenvalue weighted by molar-refractivity contribution is -0.201. The second kappa shape index (κ2) is 9.19. The summed E-state index contributed by atoms with van der Waals surface area (Å²) in [4.78, 5) is 0. The zero-order valence-corrected chi connectivity index (χ0v) is 25.1. The molecule has 6 fully saturated rings. The van der Waals surface area contributed by atoms with Gasteiger partial charge in [-0.05, 0) is 61.6 Å². The van der Waals surface area contributed by atoms with Gasteiger partial charge in [0, 0.05) is 5.41 Å². The molecule has 0 amide bonds. The van der Waals surface area contributed by atoms with Crippen LogP contribution < -0.4 is 0 Å². The maximum absolute atomic E-state index is 6.76. The first-order valence-electron chi connectivity index (χ1n) is 13.2. The van der Waals surface area contributed by atoms with Crippen molar-refractivity contribution >= 4 is 23.5 Å². The molecule has 6 rings (SSSR count). The topological polar surface area (TPSA) is 92.3 Å². The minimum absolute atomic E-state index is 0.271. The predicted octanol–water partition coefficient (Wildman–Crippen LogP) is 3.72. The molecule has 6 aliphatic heterocycles. The normalized spacial score (nSPS) is 48.9. The third-order valence-corrected chi connectivity index (χ3v) is 10.2. The Hall–Kier alpha value is -0.120. The molecular formula is C26H40O10S2. The average Bonchev–Trinajstić information content (AvgIpc) is 3.60. The Morgan fingerprint density at radius 3 is 1.79 bits per heavy atom. The molecule has 6 aliphatic rings. The van der Waals surface area contributed by atoms with Crippen LogP contribution in [0.5, 0.6) is 0 Å². The molecule has 0 N–H and O–H groups in total. The van der Waals surface area contributed by atoms with E-state index in [1.54, 1.807) is 11.8 Å². The molecule has 0 unspecified atom stereocenters. The molecule has 0 radical (unpaired) electrons. The van der Waals surface area contributed by atoms with Gasteiger partial charge in [0.1, 0.15) is 48.5 Å². The fourth-order valence-corrected chi connectivity index (χ4v) is 8.14. The molecule has 6 heterocycles. The number of rotatable bonds is 5. The fraction of sp³-hybridized carbons (Fsp3) is 0.923. The quantitative estimate of drug-likeness (QED) is 0.447. The highest BCUT2D eigenvalue weighted by Crippen LogP contribution is 2.57. The zero-order chi connectivity index (χ0) is 27.3. The highest BCUT2D eigenvalue weighted by molar-refractivity contribution is 8.19. The lowest BCUT2D eigenvalue weighted by Gasteiger charge is -2.33. The van der Waals surface area contributed by atoms with Crippen molar-refractivity contribution in [1.29, 1.82) is 0 Å². The molecule has 0 bridgehead atoms. The molecule has 0 aromatic heterocycles. The summed E-state index contributed by atoms with van der Waals surface area (Å²) in [5.41, 5.74) is 0. The summed E-state index contributed by atoms with van der Waals surface area (Å²) in [7, 11) is 0. The van der Waals surface area contributed by atoms with E-state index in [-0.39, 0.29) is 48.8 Å². The predicted molar refractivity (Wildman–Crippen MR) is 139 cm³/mol. The van der Waals surface area contributed by atoms with E-state index in [1.807, 2.05) is 67.1 Å². The van der Waals surface area contributed by atoms with E-state index in [0.29, 0.717) is 19.0 Å². The largest absolute Gasteiger partial charge is 0.486 e. The summed E-state index contributed by atoms with van der Waals surface area (Å²) in [6.07, 6.45) is -0.588. The maximum atomic E-state index is 6.76. The van der Waals surface area contributed by atoms with Crippen molar-refractivity contribution in [3.8, 4) is 0 Å². The van der Waals surface area contributed by atoms with Crippen LogP contribution in [0.25, 0.3) is 0 Å². The van der Waals surface area contributed by atoms with E-state index < -0.39 is 27.4 Å². The van der Waals surface area contributed by atoms with Crippen LogP contribution in [0.2, 0.25) is 0 Å². The second-order valence-corrected chi connectivity index (χ2v) is 14.7. The number of thioether (sulfide) groups is 2. The summed E-state index contributed by atoms with van der Waals surface area (Å²) >= 11 is 3.08. The first-order valence-corrected chi connectivity index (χ1v) is 15.3. The van der Waals surface area contributed by atoms with Crippen molar-refractivity contribution in [2.45, 2.75) is 132 Å². The van der Waals surface area contributed by atoms with Crippen molar-refractivity contribution in [2.24, 2.45) is 0 Å². The van der Waals surface area contributed by atoms with Gasteiger partial charge in [0.05, 0.1) is 13.2 Å². The number of ether oxygens (including phenoxy) is 10. The Kier molecular flexibility index (Phi) is 6.78. The van der Waals surface area contributed by atoms with Crippen LogP contribution in [0.15, 0.2) is 11.2 Å². The van der Waals surface area contributed by atoms with Gasteiger partial charge in [-0.2, -0.15) is 0 Å². The van der Waals surface area contributed by atoms with Gasteiger partial charge in [-0.15, -0.1) is 11.8 Å². The monoisotopic (exact) mass is 576 g/mol. The SMILES string of the molecule is CS[C@]1(S/C=C2/O[C@H]([C@H]3COC(C)(C)O3)[C@@H]3OC(C)(C)O[C@H]23)O[C@H]([C@H]2COC(C)(C)O2)[C@@H]2OC(C)(C)O[C@@H]21. The Morgan fingerprint density at radius 2 is 1.21 bits per heavy atom. The van der Waals surface area contributed by atoms with Crippen molar-refractivity contribution < 1.29 is 47.4 Å². The molecular weight excluding hydrogens is 536 g/mol. The summed E-state index contributed by atoms with van der Waals surface area (Å²) in [5, 5.41) is 1.98. The van der Waals surface area contributed by atoms with Crippen molar-refractivity contribution in [3.05, 3.63) is 11.2 Å². The molecule has 9 atom stereocenters. The maximum Gasteiger partial charge on any atom is 0.193 e. The highest BCUT2D eigenvalue weighted by atomic mass is 32.2. The van der Waals surface area contributed by atoms with E-state index in [4.69, 9.17) is 47.4 Å². The van der Waals surface area contributed by atoms with Crippen LogP contribution in [-0.4, -0.2) is 95.7 Å². The lowest BCUT2D eigenvalue weighted by Crippen LogP contribution is -2.40. The Bertz CT molecular complexity index is 970. The van der Waals surface area contributed by atoms with Gasteiger partial charge in [0.15, 0.2) is 33.5 Å². The molecule has 10 nitrogen and oxygen atoms in total. The number of fused-ring (bicyclic) bond motifs is 2. The molecule has 0 spiro atoms. The van der Waals surface area contributed by atoms with Crippen LogP contribution in [-0.2, 0) is 47.4 Å². The summed E-state index contributed by atoms with van der Waals surface area (Å²) in [6, 6.07) is 0. The number of hydrogen-bond donors (Lipinski definition) is 0. The van der Waals surface area contributed by atoms with Gasteiger partial charge >= 0.3 is 0 Å².